The summed E-state index contributed by atoms with van der Waals surface area (Å²) in [5.74, 6) is 2.78. The van der Waals surface area contributed by atoms with Crippen LogP contribution in [0.15, 0.2) is 72.8 Å². The van der Waals surface area contributed by atoms with Crippen LogP contribution in [-0.2, 0) is 11.2 Å². The first-order valence-corrected chi connectivity index (χ1v) is 11.4. The number of carbonyl (C=O) groups excluding carboxylic acids is 1. The first-order chi connectivity index (χ1) is 16.9. The van der Waals surface area contributed by atoms with E-state index >= 15 is 0 Å². The third kappa shape index (κ3) is 6.57. The maximum absolute atomic E-state index is 12.5. The maximum atomic E-state index is 12.5. The van der Waals surface area contributed by atoms with E-state index in [0.29, 0.717) is 23.9 Å². The summed E-state index contributed by atoms with van der Waals surface area (Å²) >= 11 is 0. The van der Waals surface area contributed by atoms with Crippen molar-refractivity contribution in [3.63, 3.8) is 0 Å². The normalized spacial score (nSPS) is 10.5. The van der Waals surface area contributed by atoms with E-state index < -0.39 is 0 Å². The van der Waals surface area contributed by atoms with Gasteiger partial charge in [-0.2, -0.15) is 0 Å². The lowest BCUT2D eigenvalue weighted by molar-refractivity contribution is -0.115. The smallest absolute Gasteiger partial charge is 0.228 e. The van der Waals surface area contributed by atoms with Gasteiger partial charge < -0.3 is 20.7 Å². The van der Waals surface area contributed by atoms with Gasteiger partial charge in [0.15, 0.2) is 0 Å². The van der Waals surface area contributed by atoms with Gasteiger partial charge in [-0.1, -0.05) is 29.8 Å². The van der Waals surface area contributed by atoms with Crippen molar-refractivity contribution in [1.82, 2.24) is 9.97 Å². The molecule has 4 aromatic rings. The molecule has 0 saturated heterocycles. The Morgan fingerprint density at radius 1 is 0.771 bits per heavy atom. The summed E-state index contributed by atoms with van der Waals surface area (Å²) in [6, 6.07) is 23.3. The third-order valence-corrected chi connectivity index (χ3v) is 5.43. The number of hydrogen-bond acceptors (Lipinski definition) is 6. The molecule has 3 N–H and O–H groups in total. The van der Waals surface area contributed by atoms with Crippen LogP contribution in [0.2, 0.25) is 0 Å². The quantitative estimate of drug-likeness (QED) is 0.291. The van der Waals surface area contributed by atoms with E-state index in [1.807, 2.05) is 86.6 Å². The van der Waals surface area contributed by atoms with Gasteiger partial charge in [0.2, 0.25) is 5.91 Å². The van der Waals surface area contributed by atoms with E-state index in [-0.39, 0.29) is 5.91 Å². The van der Waals surface area contributed by atoms with Crippen LogP contribution in [-0.4, -0.2) is 23.0 Å². The van der Waals surface area contributed by atoms with Crippen molar-refractivity contribution >= 4 is 34.6 Å². The van der Waals surface area contributed by atoms with Crippen molar-refractivity contribution in [2.45, 2.75) is 27.2 Å². The fraction of sp³-hybridized carbons (Fsp3) is 0.179. The van der Waals surface area contributed by atoms with Gasteiger partial charge in [-0.15, -0.1) is 0 Å². The van der Waals surface area contributed by atoms with E-state index in [1.54, 1.807) is 7.11 Å². The van der Waals surface area contributed by atoms with Crippen molar-refractivity contribution in [2.75, 3.05) is 23.1 Å². The molecule has 1 heterocycles. The predicted octanol–water partition coefficient (Wildman–Crippen LogP) is 6.08. The van der Waals surface area contributed by atoms with Crippen LogP contribution in [0.25, 0.3) is 0 Å². The molecule has 35 heavy (non-hydrogen) atoms. The standard InChI is InChI=1S/C28H29N5O2/c1-18-5-8-22(9-6-18)31-26-17-27(30-20(3)29-26)32-23-10-12-24(13-11-23)33-28(34)16-21-7-14-25(35-4)19(2)15-21/h5-15,17H,16H2,1-4H3,(H,33,34)(H2,29,30,31,32). The Bertz CT molecular complexity index is 1320. The summed E-state index contributed by atoms with van der Waals surface area (Å²) in [4.78, 5) is 21.4. The molecule has 3 aromatic carbocycles. The number of aromatic nitrogens is 2. The molecule has 0 aliphatic rings. The number of anilines is 5. The summed E-state index contributed by atoms with van der Waals surface area (Å²) in [5.41, 5.74) is 5.69. The average molecular weight is 468 g/mol. The van der Waals surface area contributed by atoms with Gasteiger partial charge in [0.25, 0.3) is 0 Å². The molecule has 0 radical (unpaired) electrons. The molecule has 0 bridgehead atoms. The Balaban J connectivity index is 1.37. The number of ether oxygens (including phenoxy) is 1. The number of nitrogens with zero attached hydrogens (tertiary/aromatic N) is 2. The number of methoxy groups -OCH3 is 1. The number of aryl methyl sites for hydroxylation is 3. The van der Waals surface area contributed by atoms with Crippen molar-refractivity contribution in [3.05, 3.63) is 95.3 Å². The first-order valence-electron chi connectivity index (χ1n) is 11.4. The first kappa shape index (κ1) is 23.8. The number of rotatable bonds is 8. The molecule has 0 fully saturated rings. The summed E-state index contributed by atoms with van der Waals surface area (Å²) in [6.07, 6.45) is 0.293. The van der Waals surface area contributed by atoms with Crippen molar-refractivity contribution in [3.8, 4) is 5.75 Å². The highest BCUT2D eigenvalue weighted by Crippen LogP contribution is 2.23. The van der Waals surface area contributed by atoms with Crippen molar-refractivity contribution in [1.29, 1.82) is 0 Å². The zero-order chi connectivity index (χ0) is 24.8. The second-order valence-corrected chi connectivity index (χ2v) is 8.41. The monoisotopic (exact) mass is 467 g/mol. The topological polar surface area (TPSA) is 88.2 Å². The van der Waals surface area contributed by atoms with E-state index in [1.165, 1.54) is 5.56 Å². The van der Waals surface area contributed by atoms with Crippen LogP contribution in [0.3, 0.4) is 0 Å². The van der Waals surface area contributed by atoms with Gasteiger partial charge in [-0.3, -0.25) is 4.79 Å². The molecular weight excluding hydrogens is 438 g/mol. The highest BCUT2D eigenvalue weighted by molar-refractivity contribution is 5.92. The van der Waals surface area contributed by atoms with E-state index in [9.17, 15) is 4.79 Å². The lowest BCUT2D eigenvalue weighted by Crippen LogP contribution is -2.14. The van der Waals surface area contributed by atoms with Gasteiger partial charge in [0, 0.05) is 23.1 Å². The van der Waals surface area contributed by atoms with Crippen LogP contribution in [0.1, 0.15) is 22.5 Å². The zero-order valence-electron chi connectivity index (χ0n) is 20.3. The molecule has 0 saturated carbocycles. The fourth-order valence-corrected chi connectivity index (χ4v) is 3.71. The number of amides is 1. The van der Waals surface area contributed by atoms with Crippen LogP contribution in [0, 0.1) is 20.8 Å². The van der Waals surface area contributed by atoms with Gasteiger partial charge in [-0.05, 0) is 74.4 Å². The molecule has 0 aliphatic carbocycles. The lowest BCUT2D eigenvalue weighted by Gasteiger charge is -2.11. The molecule has 7 nitrogen and oxygen atoms in total. The Kier molecular flexibility index (Phi) is 7.26. The summed E-state index contributed by atoms with van der Waals surface area (Å²) < 4.78 is 5.28. The summed E-state index contributed by atoms with van der Waals surface area (Å²) in [7, 11) is 1.64. The van der Waals surface area contributed by atoms with E-state index in [0.717, 1.165) is 33.9 Å². The SMILES string of the molecule is COc1ccc(CC(=O)Nc2ccc(Nc3cc(Nc4ccc(C)cc4)nc(C)n3)cc2)cc1C. The molecule has 1 aromatic heterocycles. The van der Waals surface area contributed by atoms with Crippen LogP contribution in [0.4, 0.5) is 28.7 Å². The summed E-state index contributed by atoms with van der Waals surface area (Å²) in [6.45, 7) is 5.88. The molecule has 0 aliphatic heterocycles. The molecule has 4 rings (SSSR count). The van der Waals surface area contributed by atoms with Gasteiger partial charge >= 0.3 is 0 Å². The Labute approximate surface area is 205 Å². The minimum atomic E-state index is -0.0754. The number of nitrogens with one attached hydrogen (secondary N) is 3. The predicted molar refractivity (Wildman–Crippen MR) is 141 cm³/mol. The van der Waals surface area contributed by atoms with Crippen molar-refractivity contribution < 1.29 is 9.53 Å². The van der Waals surface area contributed by atoms with Crippen LogP contribution < -0.4 is 20.7 Å². The van der Waals surface area contributed by atoms with Crippen LogP contribution in [0.5, 0.6) is 5.75 Å². The molecule has 0 unspecified atom stereocenters. The van der Waals surface area contributed by atoms with Crippen molar-refractivity contribution in [2.24, 2.45) is 0 Å². The molecule has 178 valence electrons. The minimum absolute atomic E-state index is 0.0754. The molecule has 7 heteroatoms. The molecular formula is C28H29N5O2. The largest absolute Gasteiger partial charge is 0.496 e. The van der Waals surface area contributed by atoms with Gasteiger partial charge in [-0.25, -0.2) is 9.97 Å². The zero-order valence-corrected chi connectivity index (χ0v) is 20.3. The Morgan fingerprint density at radius 2 is 1.34 bits per heavy atom. The number of carbonyl (C=O) groups is 1. The van der Waals surface area contributed by atoms with E-state index in [2.05, 4.69) is 32.8 Å². The molecule has 0 atom stereocenters. The van der Waals surface area contributed by atoms with Gasteiger partial charge in [0.1, 0.15) is 23.2 Å². The lowest BCUT2D eigenvalue weighted by atomic mass is 10.1. The third-order valence-electron chi connectivity index (χ3n) is 5.43. The van der Waals surface area contributed by atoms with Gasteiger partial charge in [0.05, 0.1) is 13.5 Å². The fourth-order valence-electron chi connectivity index (χ4n) is 3.71. The highest BCUT2D eigenvalue weighted by atomic mass is 16.5. The second kappa shape index (κ2) is 10.7. The Morgan fingerprint density at radius 3 is 1.91 bits per heavy atom. The average Bonchev–Trinajstić information content (AvgIpc) is 2.82. The molecule has 0 spiro atoms. The Hall–Kier alpha value is -4.39. The molecule has 1 amide bonds. The van der Waals surface area contributed by atoms with Crippen LogP contribution >= 0.6 is 0 Å². The number of hydrogen-bond donors (Lipinski definition) is 3. The minimum Gasteiger partial charge on any atom is -0.496 e. The van der Waals surface area contributed by atoms with E-state index in [4.69, 9.17) is 4.74 Å². The maximum Gasteiger partial charge on any atom is 0.228 e. The second-order valence-electron chi connectivity index (χ2n) is 8.41. The highest BCUT2D eigenvalue weighted by Gasteiger charge is 2.08. The summed E-state index contributed by atoms with van der Waals surface area (Å²) in [5, 5.41) is 9.56. The number of benzene rings is 3.